The van der Waals surface area contributed by atoms with E-state index in [4.69, 9.17) is 4.74 Å². The second kappa shape index (κ2) is 10.3. The highest BCUT2D eigenvalue weighted by molar-refractivity contribution is 7.11. The van der Waals surface area contributed by atoms with E-state index in [0.29, 0.717) is 17.6 Å². The third kappa shape index (κ3) is 5.15. The van der Waals surface area contributed by atoms with Crippen LogP contribution in [0.4, 0.5) is 0 Å². The number of carbonyl (C=O) groups is 1. The first kappa shape index (κ1) is 23.7. The quantitative estimate of drug-likeness (QED) is 0.417. The van der Waals surface area contributed by atoms with Gasteiger partial charge in [-0.25, -0.2) is 0 Å². The lowest BCUT2D eigenvalue weighted by atomic mass is 9.74. The number of nitrogens with zero attached hydrogens (tertiary/aromatic N) is 1. The number of hydrogen-bond donors (Lipinski definition) is 1. The minimum atomic E-state index is -0.934. The minimum Gasteiger partial charge on any atom is -0.488 e. The number of aliphatic carboxylic acids is 1. The molecular weight excluding hydrogens is 454 g/mol. The van der Waals surface area contributed by atoms with Crippen molar-refractivity contribution in [3.05, 3.63) is 87.1 Å². The van der Waals surface area contributed by atoms with Crippen LogP contribution in [0.1, 0.15) is 58.5 Å². The van der Waals surface area contributed by atoms with Gasteiger partial charge in [0.1, 0.15) is 18.3 Å². The van der Waals surface area contributed by atoms with Gasteiger partial charge < -0.3 is 9.84 Å². The fourth-order valence-electron chi connectivity index (χ4n) is 5.57. The summed E-state index contributed by atoms with van der Waals surface area (Å²) in [6, 6.07) is 20.6. The molecule has 2 aromatic carbocycles. The second-order valence-electron chi connectivity index (χ2n) is 9.60. The lowest BCUT2D eigenvalue weighted by Crippen LogP contribution is -2.41. The van der Waals surface area contributed by atoms with Gasteiger partial charge in [-0.15, -0.1) is 17.3 Å². The molecule has 1 unspecified atom stereocenters. The molecular formula is C30H31NO3S. The number of rotatable bonds is 7. The van der Waals surface area contributed by atoms with Gasteiger partial charge in [0.05, 0.1) is 0 Å². The Bertz CT molecular complexity index is 1240. The van der Waals surface area contributed by atoms with Crippen molar-refractivity contribution in [1.29, 1.82) is 0 Å². The molecule has 1 aliphatic carbocycles. The van der Waals surface area contributed by atoms with E-state index in [0.717, 1.165) is 25.4 Å². The molecule has 1 N–H and O–H groups in total. The number of piperidine rings is 1. The Balaban J connectivity index is 1.12. The maximum atomic E-state index is 11.4. The summed E-state index contributed by atoms with van der Waals surface area (Å²) in [5.74, 6) is 4.42. The maximum Gasteiger partial charge on any atom is 0.323 e. The number of aryl methyl sites for hydroxylation is 1. The molecule has 2 heterocycles. The Hall–Kier alpha value is -3.07. The largest absolute Gasteiger partial charge is 0.488 e. The zero-order valence-corrected chi connectivity index (χ0v) is 20.9. The lowest BCUT2D eigenvalue weighted by molar-refractivity contribution is -0.137. The number of fused-ring (bicyclic) bond motifs is 2. The number of carboxylic acid groups (broad SMARTS) is 1. The van der Waals surface area contributed by atoms with Crippen molar-refractivity contribution in [1.82, 2.24) is 4.90 Å². The van der Waals surface area contributed by atoms with Gasteiger partial charge in [0.15, 0.2) is 0 Å². The zero-order valence-electron chi connectivity index (χ0n) is 20.1. The lowest BCUT2D eigenvalue weighted by Gasteiger charge is -2.40. The first-order valence-electron chi connectivity index (χ1n) is 12.3. The van der Waals surface area contributed by atoms with Crippen LogP contribution in [0.25, 0.3) is 0 Å². The highest BCUT2D eigenvalue weighted by atomic mass is 32.1. The summed E-state index contributed by atoms with van der Waals surface area (Å²) < 4.78 is 5.96. The molecule has 1 fully saturated rings. The van der Waals surface area contributed by atoms with Gasteiger partial charge >= 0.3 is 5.97 Å². The van der Waals surface area contributed by atoms with Crippen LogP contribution < -0.4 is 4.74 Å². The molecule has 5 heteroatoms. The third-order valence-corrected chi connectivity index (χ3v) is 8.55. The van der Waals surface area contributed by atoms with Crippen LogP contribution >= 0.6 is 11.3 Å². The Kier molecular flexibility index (Phi) is 6.95. The standard InChI is InChI=1S/C30H31NO3S/c1-2-5-27(29(32)33)22-8-10-24(11-9-22)34-21-26-13-12-25(35-26)20-31-18-16-30(17-19-31)15-14-23-6-3-4-7-28(23)30/h3-4,6-13,27H,14-21H2,1H3,(H,32,33). The molecule has 0 saturated carbocycles. The monoisotopic (exact) mass is 485 g/mol. The molecule has 0 bridgehead atoms. The smallest absolute Gasteiger partial charge is 0.323 e. The van der Waals surface area contributed by atoms with E-state index < -0.39 is 11.9 Å². The zero-order chi connectivity index (χ0) is 24.3. The van der Waals surface area contributed by atoms with Gasteiger partial charge in [-0.3, -0.25) is 9.69 Å². The Morgan fingerprint density at radius 1 is 1.06 bits per heavy atom. The number of likely N-dealkylation sites (tertiary alicyclic amines) is 1. The van der Waals surface area contributed by atoms with Gasteiger partial charge in [0.2, 0.25) is 0 Å². The van der Waals surface area contributed by atoms with Crippen LogP contribution in [0.2, 0.25) is 0 Å². The Morgan fingerprint density at radius 2 is 1.80 bits per heavy atom. The molecule has 1 atom stereocenters. The number of hydrogen-bond acceptors (Lipinski definition) is 4. The summed E-state index contributed by atoms with van der Waals surface area (Å²) >= 11 is 1.81. The molecule has 0 amide bonds. The van der Waals surface area contributed by atoms with Crippen molar-refractivity contribution in [3.8, 4) is 17.6 Å². The van der Waals surface area contributed by atoms with Crippen molar-refractivity contribution >= 4 is 17.3 Å². The van der Waals surface area contributed by atoms with Gasteiger partial charge in [-0.05, 0) is 92.1 Å². The van der Waals surface area contributed by atoms with Gasteiger partial charge in [-0.2, -0.15) is 0 Å². The maximum absolute atomic E-state index is 11.4. The van der Waals surface area contributed by atoms with Crippen LogP contribution in [-0.4, -0.2) is 29.1 Å². The van der Waals surface area contributed by atoms with Crippen LogP contribution in [-0.2, 0) is 29.8 Å². The SMILES string of the molecule is CC#CC(C(=O)O)c1ccc(OCc2ccc(CN3CCC4(CCc5ccccc54)CC3)s2)cc1. The van der Waals surface area contributed by atoms with E-state index in [2.05, 4.69) is 53.1 Å². The van der Waals surface area contributed by atoms with E-state index in [1.54, 1.807) is 30.2 Å². The first-order valence-corrected chi connectivity index (χ1v) is 13.1. The molecule has 4 nitrogen and oxygen atoms in total. The van der Waals surface area contributed by atoms with Crippen molar-refractivity contribution < 1.29 is 14.6 Å². The molecule has 1 aromatic heterocycles. The Morgan fingerprint density at radius 3 is 2.54 bits per heavy atom. The van der Waals surface area contributed by atoms with Gasteiger partial charge in [-0.1, -0.05) is 42.3 Å². The summed E-state index contributed by atoms with van der Waals surface area (Å²) in [7, 11) is 0. The van der Waals surface area contributed by atoms with Crippen molar-refractivity contribution in [3.63, 3.8) is 0 Å². The second-order valence-corrected chi connectivity index (χ2v) is 10.9. The Labute approximate surface area is 211 Å². The molecule has 5 rings (SSSR count). The highest BCUT2D eigenvalue weighted by Crippen LogP contribution is 2.46. The summed E-state index contributed by atoms with van der Waals surface area (Å²) in [4.78, 5) is 16.6. The molecule has 2 aliphatic rings. The van der Waals surface area contributed by atoms with Crippen LogP contribution in [0.15, 0.2) is 60.7 Å². The predicted octanol–water partition coefficient (Wildman–Crippen LogP) is 6.00. The van der Waals surface area contributed by atoms with Crippen molar-refractivity contribution in [2.24, 2.45) is 0 Å². The van der Waals surface area contributed by atoms with E-state index in [-0.39, 0.29) is 0 Å². The van der Waals surface area contributed by atoms with E-state index >= 15 is 0 Å². The molecule has 1 saturated heterocycles. The van der Waals surface area contributed by atoms with Crippen molar-refractivity contribution in [2.75, 3.05) is 13.1 Å². The molecule has 0 radical (unpaired) electrons. The van der Waals surface area contributed by atoms with E-state index in [9.17, 15) is 9.90 Å². The van der Waals surface area contributed by atoms with E-state index in [1.165, 1.54) is 35.4 Å². The fraction of sp³-hybridized carbons (Fsp3) is 0.367. The fourth-order valence-corrected chi connectivity index (χ4v) is 6.54. The first-order chi connectivity index (χ1) is 17.1. The minimum absolute atomic E-state index is 0.407. The highest BCUT2D eigenvalue weighted by Gasteiger charge is 2.40. The average Bonchev–Trinajstić information content (AvgIpc) is 3.48. The molecule has 3 aromatic rings. The number of thiophene rings is 1. The van der Waals surface area contributed by atoms with Crippen molar-refractivity contribution in [2.45, 2.75) is 57.1 Å². The molecule has 35 heavy (non-hydrogen) atoms. The third-order valence-electron chi connectivity index (χ3n) is 7.50. The number of carboxylic acids is 1. The topological polar surface area (TPSA) is 49.8 Å². The summed E-state index contributed by atoms with van der Waals surface area (Å²) in [5.41, 5.74) is 4.25. The number of ether oxygens (including phenoxy) is 1. The number of benzene rings is 2. The molecule has 1 aliphatic heterocycles. The summed E-state index contributed by atoms with van der Waals surface area (Å²) in [6.45, 7) is 5.49. The van der Waals surface area contributed by atoms with Crippen LogP contribution in [0.3, 0.4) is 0 Å². The molecule has 180 valence electrons. The van der Waals surface area contributed by atoms with Gasteiger partial charge in [0.25, 0.3) is 0 Å². The van der Waals surface area contributed by atoms with Gasteiger partial charge in [0, 0.05) is 16.3 Å². The predicted molar refractivity (Wildman–Crippen MR) is 140 cm³/mol. The summed E-state index contributed by atoms with van der Waals surface area (Å²) in [5, 5.41) is 9.36. The van der Waals surface area contributed by atoms with E-state index in [1.807, 2.05) is 23.5 Å². The molecule has 1 spiro atoms. The average molecular weight is 486 g/mol. The normalized spacial score (nSPS) is 17.4. The van der Waals surface area contributed by atoms with Crippen LogP contribution in [0, 0.1) is 11.8 Å². The summed E-state index contributed by atoms with van der Waals surface area (Å²) in [6.07, 6.45) is 5.06. The van der Waals surface area contributed by atoms with Crippen LogP contribution in [0.5, 0.6) is 5.75 Å².